The largest absolute Gasteiger partial charge is 0.507 e. The van der Waals surface area contributed by atoms with Crippen LogP contribution in [0.25, 0.3) is 0 Å². The van der Waals surface area contributed by atoms with Gasteiger partial charge in [0.2, 0.25) is 0 Å². The van der Waals surface area contributed by atoms with E-state index in [-0.39, 0.29) is 33.7 Å². The van der Waals surface area contributed by atoms with E-state index in [9.17, 15) is 9.90 Å². The summed E-state index contributed by atoms with van der Waals surface area (Å²) in [4.78, 5) is 14.1. The summed E-state index contributed by atoms with van der Waals surface area (Å²) >= 11 is 0. The second kappa shape index (κ2) is 9.12. The van der Waals surface area contributed by atoms with Crippen LogP contribution in [0.1, 0.15) is 131 Å². The second-order valence-corrected chi connectivity index (χ2v) is 13.6. The van der Waals surface area contributed by atoms with Crippen molar-refractivity contribution in [1.29, 1.82) is 0 Å². The number of hydrogen-bond acceptors (Lipinski definition) is 3. The zero-order valence-electron chi connectivity index (χ0n) is 22.7. The number of hydrogen-bond donors (Lipinski definition) is 2. The van der Waals surface area contributed by atoms with E-state index in [1.165, 1.54) is 0 Å². The van der Waals surface area contributed by atoms with Crippen molar-refractivity contribution in [1.82, 2.24) is 5.32 Å². The van der Waals surface area contributed by atoms with Gasteiger partial charge in [-0.3, -0.25) is 4.79 Å². The summed E-state index contributed by atoms with van der Waals surface area (Å²) in [5, 5.41) is 14.9. The van der Waals surface area contributed by atoms with Crippen LogP contribution in [0.15, 0.2) is 12.1 Å². The zero-order valence-corrected chi connectivity index (χ0v) is 22.7. The molecule has 1 saturated heterocycles. The summed E-state index contributed by atoms with van der Waals surface area (Å²) in [7, 11) is 0. The molecule has 0 radical (unpaired) electrons. The summed E-state index contributed by atoms with van der Waals surface area (Å²) in [6.45, 7) is 23.9. The third-order valence-electron chi connectivity index (χ3n) is 6.93. The van der Waals surface area contributed by atoms with Crippen molar-refractivity contribution < 1.29 is 9.90 Å². The molecule has 0 amide bonds. The molecule has 2 N–H and O–H groups in total. The number of carbonyl (C=O) groups is 1. The molecule has 0 aromatic heterocycles. The van der Waals surface area contributed by atoms with Gasteiger partial charge >= 0.3 is 0 Å². The molecular weight excluding hydrogens is 394 g/mol. The predicted octanol–water partition coefficient (Wildman–Crippen LogP) is 7.39. The lowest BCUT2D eigenvalue weighted by Crippen LogP contribution is -2.59. The third-order valence-corrected chi connectivity index (χ3v) is 6.93. The minimum atomic E-state index is -0.197. The van der Waals surface area contributed by atoms with Crippen LogP contribution in [-0.4, -0.2) is 22.0 Å². The van der Waals surface area contributed by atoms with Gasteiger partial charge in [-0.05, 0) is 74.5 Å². The minimum Gasteiger partial charge on any atom is -0.507 e. The molecule has 1 fully saturated rings. The minimum absolute atomic E-state index is 0.0492. The van der Waals surface area contributed by atoms with Gasteiger partial charge in [-0.1, -0.05) is 73.4 Å². The number of unbranched alkanes of at least 4 members (excludes halogenated alkanes) is 1. The second-order valence-electron chi connectivity index (χ2n) is 13.6. The molecule has 0 aliphatic carbocycles. The maximum absolute atomic E-state index is 14.1. The number of benzene rings is 1. The van der Waals surface area contributed by atoms with Gasteiger partial charge in [-0.25, -0.2) is 0 Å². The van der Waals surface area contributed by atoms with Gasteiger partial charge < -0.3 is 10.4 Å². The molecule has 182 valence electrons. The normalized spacial score (nSPS) is 20.2. The first-order chi connectivity index (χ1) is 14.4. The van der Waals surface area contributed by atoms with Crippen molar-refractivity contribution >= 4 is 5.78 Å². The molecule has 3 nitrogen and oxygen atoms in total. The van der Waals surface area contributed by atoms with Gasteiger partial charge in [0.05, 0.1) is 0 Å². The number of piperidine rings is 1. The van der Waals surface area contributed by atoms with E-state index in [4.69, 9.17) is 0 Å². The molecule has 1 atom stereocenters. The Bertz CT molecular complexity index is 770. The smallest absolute Gasteiger partial charge is 0.143 e. The van der Waals surface area contributed by atoms with Crippen LogP contribution >= 0.6 is 0 Å². The Morgan fingerprint density at radius 2 is 1.44 bits per heavy atom. The first-order valence-corrected chi connectivity index (χ1v) is 12.6. The van der Waals surface area contributed by atoms with E-state index in [0.717, 1.165) is 48.8 Å². The Labute approximate surface area is 197 Å². The van der Waals surface area contributed by atoms with Gasteiger partial charge in [-0.15, -0.1) is 0 Å². The number of phenolic OH excluding ortho intramolecular Hbond substituents is 1. The average Bonchev–Trinajstić information content (AvgIpc) is 2.58. The molecule has 1 aromatic rings. The molecule has 0 spiro atoms. The molecule has 0 saturated carbocycles. The number of carbonyl (C=O) groups excluding carboxylic acids is 1. The number of nitrogens with one attached hydrogen (secondary N) is 1. The maximum Gasteiger partial charge on any atom is 0.143 e. The number of Topliss-reactive ketones (excluding diaryl/α,β-unsaturated/α-hetero) is 1. The topological polar surface area (TPSA) is 49.3 Å². The maximum atomic E-state index is 14.1. The van der Waals surface area contributed by atoms with E-state index >= 15 is 0 Å². The van der Waals surface area contributed by atoms with E-state index in [0.29, 0.717) is 11.5 Å². The molecule has 1 aliphatic heterocycles. The number of ketones is 1. The molecule has 1 heterocycles. The summed E-state index contributed by atoms with van der Waals surface area (Å²) in [6, 6.07) is 4.25. The van der Waals surface area contributed by atoms with E-state index in [2.05, 4.69) is 93.6 Å². The Kier molecular flexibility index (Phi) is 7.67. The van der Waals surface area contributed by atoms with Crippen molar-refractivity contribution in [2.24, 2.45) is 5.92 Å². The average molecular weight is 444 g/mol. The lowest BCUT2D eigenvalue weighted by atomic mass is 9.69. The molecule has 2 rings (SSSR count). The van der Waals surface area contributed by atoms with Gasteiger partial charge in [0.25, 0.3) is 0 Å². The number of rotatable bonds is 6. The van der Waals surface area contributed by atoms with Crippen molar-refractivity contribution in [3.63, 3.8) is 0 Å². The lowest BCUT2D eigenvalue weighted by Gasteiger charge is -2.46. The molecule has 0 bridgehead atoms. The van der Waals surface area contributed by atoms with E-state index in [1.807, 2.05) is 0 Å². The van der Waals surface area contributed by atoms with E-state index in [1.54, 1.807) is 0 Å². The SMILES string of the molecule is CCCCC(C(=O)C1CC(C)(C)NC(C)(C)C1)c1cc(C(C)(C)C)c(O)c(C(C)(C)C)c1. The highest BCUT2D eigenvalue weighted by Gasteiger charge is 2.42. The standard InChI is InChI=1S/C29H49NO2/c1-12-13-14-21(24(31)20-17-28(8,9)30-29(10,11)18-20)19-15-22(26(2,3)4)25(32)23(16-19)27(5,6)7/h15-16,20-21,30,32H,12-14,17-18H2,1-11H3. The van der Waals surface area contributed by atoms with Crippen molar-refractivity contribution in [3.05, 3.63) is 28.8 Å². The molecule has 32 heavy (non-hydrogen) atoms. The quantitative estimate of drug-likeness (QED) is 0.482. The zero-order chi connectivity index (χ0) is 24.7. The highest BCUT2D eigenvalue weighted by atomic mass is 16.3. The van der Waals surface area contributed by atoms with Crippen LogP contribution in [0.3, 0.4) is 0 Å². The first-order valence-electron chi connectivity index (χ1n) is 12.6. The fourth-order valence-corrected chi connectivity index (χ4v) is 5.69. The fourth-order valence-electron chi connectivity index (χ4n) is 5.69. The molecule has 3 heteroatoms. The van der Waals surface area contributed by atoms with E-state index < -0.39 is 0 Å². The number of phenols is 1. The van der Waals surface area contributed by atoms with Crippen LogP contribution in [0, 0.1) is 5.92 Å². The first kappa shape index (κ1) is 26.9. The fraction of sp³-hybridized carbons (Fsp3) is 0.759. The van der Waals surface area contributed by atoms with Crippen LogP contribution < -0.4 is 5.32 Å². The predicted molar refractivity (Wildman–Crippen MR) is 137 cm³/mol. The third kappa shape index (κ3) is 6.37. The molecule has 1 unspecified atom stereocenters. The Morgan fingerprint density at radius 1 is 1.00 bits per heavy atom. The molecule has 1 aliphatic rings. The van der Waals surface area contributed by atoms with Crippen LogP contribution in [0.2, 0.25) is 0 Å². The van der Waals surface area contributed by atoms with Gasteiger partial charge in [0.15, 0.2) is 0 Å². The summed E-state index contributed by atoms with van der Waals surface area (Å²) in [5.74, 6) is 0.701. The summed E-state index contributed by atoms with van der Waals surface area (Å²) < 4.78 is 0. The summed E-state index contributed by atoms with van der Waals surface area (Å²) in [6.07, 6.45) is 4.72. The Hall–Kier alpha value is -1.35. The lowest BCUT2D eigenvalue weighted by molar-refractivity contribution is -0.127. The van der Waals surface area contributed by atoms with Gasteiger partial charge in [0, 0.05) is 22.9 Å². The Balaban J connectivity index is 2.61. The number of aromatic hydroxyl groups is 1. The Morgan fingerprint density at radius 3 is 1.81 bits per heavy atom. The highest BCUT2D eigenvalue weighted by Crippen LogP contribution is 2.44. The van der Waals surface area contributed by atoms with Gasteiger partial charge in [-0.2, -0.15) is 0 Å². The summed E-state index contributed by atoms with van der Waals surface area (Å²) in [5.41, 5.74) is 2.47. The van der Waals surface area contributed by atoms with Crippen molar-refractivity contribution in [2.75, 3.05) is 0 Å². The van der Waals surface area contributed by atoms with Gasteiger partial charge in [0.1, 0.15) is 11.5 Å². The van der Waals surface area contributed by atoms with Crippen LogP contribution in [0.4, 0.5) is 0 Å². The van der Waals surface area contributed by atoms with Crippen molar-refractivity contribution in [2.45, 2.75) is 136 Å². The van der Waals surface area contributed by atoms with Crippen molar-refractivity contribution in [3.8, 4) is 5.75 Å². The highest BCUT2D eigenvalue weighted by molar-refractivity contribution is 5.88. The molecule has 1 aromatic carbocycles. The molecular formula is C29H49NO2. The monoisotopic (exact) mass is 443 g/mol. The van der Waals surface area contributed by atoms with Crippen LogP contribution in [-0.2, 0) is 15.6 Å². The van der Waals surface area contributed by atoms with Crippen LogP contribution in [0.5, 0.6) is 5.75 Å².